The van der Waals surface area contributed by atoms with Gasteiger partial charge in [0.25, 0.3) is 0 Å². The van der Waals surface area contributed by atoms with Crippen LogP contribution in [0.1, 0.15) is 41.5 Å². The lowest BCUT2D eigenvalue weighted by molar-refractivity contribution is -0.305. The van der Waals surface area contributed by atoms with Crippen LogP contribution >= 0.6 is 0 Å². The lowest BCUT2D eigenvalue weighted by atomic mass is 9.88. The Balaban J connectivity index is 1.61. The van der Waals surface area contributed by atoms with Crippen molar-refractivity contribution in [1.82, 2.24) is 4.98 Å². The van der Waals surface area contributed by atoms with Crippen molar-refractivity contribution in [2.24, 2.45) is 0 Å². The number of carbonyl (C=O) groups excluding carboxylic acids is 1. The van der Waals surface area contributed by atoms with Gasteiger partial charge in [0.2, 0.25) is 0 Å². The van der Waals surface area contributed by atoms with Crippen molar-refractivity contribution >= 4 is 16.9 Å². The molecule has 4 rings (SSSR count). The summed E-state index contributed by atoms with van der Waals surface area (Å²) in [5, 5.41) is 12.6. The summed E-state index contributed by atoms with van der Waals surface area (Å²) in [6.45, 7) is 2.60. The predicted molar refractivity (Wildman–Crippen MR) is 116 cm³/mol. The molecule has 0 saturated heterocycles. The molecule has 0 fully saturated rings. The zero-order chi connectivity index (χ0) is 20.9. The summed E-state index contributed by atoms with van der Waals surface area (Å²) in [6, 6.07) is 23.8. The number of ether oxygens (including phenoxy) is 1. The highest BCUT2D eigenvalue weighted by molar-refractivity contribution is 5.87. The van der Waals surface area contributed by atoms with E-state index in [1.165, 1.54) is 5.56 Å². The number of nitrogens with one attached hydrogen (secondary N) is 1. The molecule has 30 heavy (non-hydrogen) atoms. The van der Waals surface area contributed by atoms with E-state index >= 15 is 0 Å². The van der Waals surface area contributed by atoms with Crippen molar-refractivity contribution in [3.8, 4) is 5.75 Å². The van der Waals surface area contributed by atoms with E-state index in [1.807, 2.05) is 72.9 Å². The van der Waals surface area contributed by atoms with Gasteiger partial charge in [-0.2, -0.15) is 0 Å². The summed E-state index contributed by atoms with van der Waals surface area (Å²) in [7, 11) is 0. The number of carboxylic acid groups (broad SMARTS) is 1. The summed E-state index contributed by atoms with van der Waals surface area (Å²) < 4.78 is 5.86. The van der Waals surface area contributed by atoms with Gasteiger partial charge in [-0.3, -0.25) is 0 Å². The van der Waals surface area contributed by atoms with Crippen LogP contribution in [0.3, 0.4) is 0 Å². The second-order valence-electron chi connectivity index (χ2n) is 7.41. The van der Waals surface area contributed by atoms with Crippen molar-refractivity contribution in [2.75, 3.05) is 0 Å². The monoisotopic (exact) mass is 398 g/mol. The lowest BCUT2D eigenvalue weighted by Crippen LogP contribution is -2.24. The number of H-pyrrole nitrogens is 1. The Bertz CT molecular complexity index is 1130. The highest BCUT2D eigenvalue weighted by atomic mass is 16.5. The molecule has 0 spiro atoms. The molecule has 1 heterocycles. The summed E-state index contributed by atoms with van der Waals surface area (Å²) >= 11 is 0. The van der Waals surface area contributed by atoms with Crippen molar-refractivity contribution in [3.05, 3.63) is 101 Å². The van der Waals surface area contributed by atoms with Gasteiger partial charge in [0.15, 0.2) is 0 Å². The molecule has 0 radical (unpaired) electrons. The largest absolute Gasteiger partial charge is 0.550 e. The summed E-state index contributed by atoms with van der Waals surface area (Å²) in [5.74, 6) is -0.605. The number of para-hydroxylation sites is 1. The number of carboxylic acids is 1. The third-order valence-electron chi connectivity index (χ3n) is 5.49. The highest BCUT2D eigenvalue weighted by Gasteiger charge is 2.19. The molecule has 1 N–H and O–H groups in total. The van der Waals surface area contributed by atoms with E-state index < -0.39 is 5.97 Å². The molecule has 0 aliphatic rings. The van der Waals surface area contributed by atoms with Gasteiger partial charge in [-0.15, -0.1) is 0 Å². The molecular weight excluding hydrogens is 374 g/mol. The van der Waals surface area contributed by atoms with E-state index in [-0.39, 0.29) is 12.3 Å². The lowest BCUT2D eigenvalue weighted by Gasteiger charge is -2.18. The van der Waals surface area contributed by atoms with Crippen LogP contribution in [0.4, 0.5) is 0 Å². The zero-order valence-electron chi connectivity index (χ0n) is 16.9. The average molecular weight is 398 g/mol. The second-order valence-corrected chi connectivity index (χ2v) is 7.41. The third-order valence-corrected chi connectivity index (χ3v) is 5.49. The molecule has 1 aromatic heterocycles. The molecule has 4 heteroatoms. The molecule has 1 atom stereocenters. The van der Waals surface area contributed by atoms with E-state index in [9.17, 15) is 9.90 Å². The van der Waals surface area contributed by atoms with Crippen molar-refractivity contribution in [3.63, 3.8) is 0 Å². The minimum Gasteiger partial charge on any atom is -0.550 e. The number of fused-ring (bicyclic) bond motifs is 1. The summed E-state index contributed by atoms with van der Waals surface area (Å²) in [6.07, 6.45) is 2.76. The maximum atomic E-state index is 11.5. The van der Waals surface area contributed by atoms with Crippen molar-refractivity contribution < 1.29 is 14.6 Å². The van der Waals surface area contributed by atoms with Crippen LogP contribution in [0.25, 0.3) is 10.9 Å². The number of aromatic amines is 1. The topological polar surface area (TPSA) is 65.2 Å². The van der Waals surface area contributed by atoms with Crippen LogP contribution in [0.15, 0.2) is 79.0 Å². The minimum absolute atomic E-state index is 0.0759. The minimum atomic E-state index is -1.06. The Hall–Kier alpha value is -3.53. The molecule has 0 aliphatic carbocycles. The highest BCUT2D eigenvalue weighted by Crippen LogP contribution is 2.35. The number of carbonyl (C=O) groups is 1. The molecule has 0 bridgehead atoms. The molecule has 0 unspecified atom stereocenters. The van der Waals surface area contributed by atoms with Crippen LogP contribution in [0.5, 0.6) is 5.75 Å². The Morgan fingerprint density at radius 3 is 2.47 bits per heavy atom. The molecule has 0 saturated carbocycles. The number of aliphatic carboxylic acids is 1. The summed E-state index contributed by atoms with van der Waals surface area (Å²) in [5.41, 5.74) is 5.29. The molecule has 152 valence electrons. The average Bonchev–Trinajstić information content (AvgIpc) is 3.21. The maximum absolute atomic E-state index is 11.5. The first-order chi connectivity index (χ1) is 14.7. The number of benzene rings is 3. The van der Waals surface area contributed by atoms with Crippen LogP contribution in [-0.2, 0) is 17.8 Å². The SMILES string of the molecule is CCc1cccc2c([C@@H](CC(=O)[O-])c3ccc(OCc4ccccc4)cc3)c[nH]c12. The van der Waals surface area contributed by atoms with Gasteiger partial charge in [0.05, 0.1) is 0 Å². The molecule has 0 amide bonds. The van der Waals surface area contributed by atoms with E-state index in [2.05, 4.69) is 18.0 Å². The van der Waals surface area contributed by atoms with E-state index in [4.69, 9.17) is 4.74 Å². The van der Waals surface area contributed by atoms with Gasteiger partial charge in [-0.05, 0) is 47.2 Å². The number of aryl methyl sites for hydroxylation is 1. The fourth-order valence-corrected chi connectivity index (χ4v) is 3.93. The first kappa shape index (κ1) is 19.8. The van der Waals surface area contributed by atoms with E-state index in [1.54, 1.807) is 0 Å². The van der Waals surface area contributed by atoms with Gasteiger partial charge in [-0.25, -0.2) is 0 Å². The number of hydrogen-bond acceptors (Lipinski definition) is 3. The van der Waals surface area contributed by atoms with Crippen LogP contribution in [-0.4, -0.2) is 11.0 Å². The van der Waals surface area contributed by atoms with Gasteiger partial charge < -0.3 is 19.6 Å². The van der Waals surface area contributed by atoms with Crippen molar-refractivity contribution in [2.45, 2.75) is 32.3 Å². The van der Waals surface area contributed by atoms with Gasteiger partial charge >= 0.3 is 0 Å². The molecule has 4 nitrogen and oxygen atoms in total. The second kappa shape index (κ2) is 8.87. The fourth-order valence-electron chi connectivity index (χ4n) is 3.93. The fraction of sp³-hybridized carbons (Fsp3) is 0.192. The first-order valence-corrected chi connectivity index (χ1v) is 10.2. The van der Waals surface area contributed by atoms with Crippen LogP contribution < -0.4 is 9.84 Å². The Morgan fingerprint density at radius 1 is 1.00 bits per heavy atom. The van der Waals surface area contributed by atoms with Crippen molar-refractivity contribution in [1.29, 1.82) is 0 Å². The molecule has 4 aromatic rings. The van der Waals surface area contributed by atoms with Gasteiger partial charge in [-0.1, -0.05) is 67.6 Å². The Kier molecular flexibility index (Phi) is 5.84. The number of hydrogen-bond donors (Lipinski definition) is 1. The predicted octanol–water partition coefficient (Wildman–Crippen LogP) is 4.58. The maximum Gasteiger partial charge on any atom is 0.119 e. The molecular formula is C26H24NO3-. The van der Waals surface area contributed by atoms with E-state index in [0.717, 1.165) is 39.8 Å². The van der Waals surface area contributed by atoms with E-state index in [0.29, 0.717) is 6.61 Å². The van der Waals surface area contributed by atoms with Gasteiger partial charge in [0.1, 0.15) is 12.4 Å². The normalized spacial score (nSPS) is 12.0. The quantitative estimate of drug-likeness (QED) is 0.472. The standard InChI is InChI=1S/C26H25NO3/c1-2-19-9-6-10-22-24(16-27-26(19)22)23(15-25(28)29)20-11-13-21(14-12-20)30-17-18-7-4-3-5-8-18/h3-14,16,23,27H,2,15,17H2,1H3,(H,28,29)/p-1/t23-/m0/s1. The number of rotatable bonds is 8. The van der Waals surface area contributed by atoms with Gasteiger partial charge in [0, 0.05) is 29.0 Å². The molecule has 0 aliphatic heterocycles. The third kappa shape index (κ3) is 4.23. The van der Waals surface area contributed by atoms with Crippen LogP contribution in [0.2, 0.25) is 0 Å². The summed E-state index contributed by atoms with van der Waals surface area (Å²) in [4.78, 5) is 14.9. The molecule has 3 aromatic carbocycles. The smallest absolute Gasteiger partial charge is 0.119 e. The zero-order valence-corrected chi connectivity index (χ0v) is 16.9. The Morgan fingerprint density at radius 2 is 1.77 bits per heavy atom. The number of aromatic nitrogens is 1. The Labute approximate surface area is 176 Å². The van der Waals surface area contributed by atoms with Crippen LogP contribution in [0, 0.1) is 0 Å². The first-order valence-electron chi connectivity index (χ1n) is 10.2.